The maximum atomic E-state index is 15.5. The molecule has 0 aliphatic carbocycles. The first-order chi connectivity index (χ1) is 18.8. The number of aliphatic imine (C=N–C) groups is 1. The second kappa shape index (κ2) is 11.1. The lowest BCUT2D eigenvalue weighted by Crippen LogP contribution is -2.37. The standard InChI is InChI=1S/C27H24F4N4O4S/c1-39-18-11-9-17(10-12-18)34-24-20(25(32)27(29,30)31)6-4-14-35(26(24)36)22-13-8-16(15-21(22)28)19-5-2-3-7-23(19)40(33,37)38/h2-3,5,7-13,15H,4,6,14,32H2,1H3,(H2,33,37,38). The van der Waals surface area contributed by atoms with Crippen molar-refractivity contribution in [3.63, 3.8) is 0 Å². The van der Waals surface area contributed by atoms with Gasteiger partial charge < -0.3 is 15.4 Å². The third-order valence-corrected chi connectivity index (χ3v) is 7.20. The Kier molecular flexibility index (Phi) is 7.98. The van der Waals surface area contributed by atoms with Crippen molar-refractivity contribution in [2.24, 2.45) is 15.9 Å². The minimum Gasteiger partial charge on any atom is -0.497 e. The summed E-state index contributed by atoms with van der Waals surface area (Å²) in [6, 6.07) is 15.3. The Balaban J connectivity index is 1.81. The number of ether oxygens (including phenoxy) is 1. The minimum absolute atomic E-state index is 0.0366. The smallest absolute Gasteiger partial charge is 0.431 e. The number of rotatable bonds is 5. The highest BCUT2D eigenvalue weighted by Crippen LogP contribution is 2.34. The number of nitrogens with zero attached hydrogens (tertiary/aromatic N) is 2. The average Bonchev–Trinajstić information content (AvgIpc) is 3.06. The number of amides is 1. The van der Waals surface area contributed by atoms with E-state index in [9.17, 15) is 26.4 Å². The number of sulfonamides is 1. The van der Waals surface area contributed by atoms with Crippen LogP contribution < -0.4 is 20.5 Å². The average molecular weight is 577 g/mol. The van der Waals surface area contributed by atoms with E-state index in [1.54, 1.807) is 6.07 Å². The molecule has 40 heavy (non-hydrogen) atoms. The maximum absolute atomic E-state index is 15.5. The van der Waals surface area contributed by atoms with Crippen LogP contribution in [0.5, 0.6) is 5.75 Å². The van der Waals surface area contributed by atoms with Crippen LogP contribution >= 0.6 is 0 Å². The van der Waals surface area contributed by atoms with Gasteiger partial charge in [0, 0.05) is 17.7 Å². The molecular formula is C27H24F4N4O4S. The fourth-order valence-electron chi connectivity index (χ4n) is 4.30. The summed E-state index contributed by atoms with van der Waals surface area (Å²) in [4.78, 5) is 18.6. The molecule has 1 fully saturated rings. The van der Waals surface area contributed by atoms with E-state index in [-0.39, 0.29) is 46.8 Å². The number of primary sulfonamides is 1. The number of carbonyl (C=O) groups is 1. The number of nitrogens with two attached hydrogens (primary N) is 2. The topological polar surface area (TPSA) is 128 Å². The molecule has 4 rings (SSSR count). The van der Waals surface area contributed by atoms with E-state index >= 15 is 4.39 Å². The number of hydrogen-bond acceptors (Lipinski definition) is 6. The number of allylic oxidation sites excluding steroid dienone is 1. The summed E-state index contributed by atoms with van der Waals surface area (Å²) in [5.41, 5.74) is 3.18. The van der Waals surface area contributed by atoms with E-state index in [1.807, 2.05) is 0 Å². The molecule has 1 aliphatic rings. The van der Waals surface area contributed by atoms with Crippen LogP contribution in [0.1, 0.15) is 12.8 Å². The summed E-state index contributed by atoms with van der Waals surface area (Å²) in [5, 5.41) is 5.29. The predicted molar refractivity (Wildman–Crippen MR) is 142 cm³/mol. The Morgan fingerprint density at radius 3 is 2.33 bits per heavy atom. The van der Waals surface area contributed by atoms with Gasteiger partial charge in [-0.25, -0.2) is 22.9 Å². The van der Waals surface area contributed by atoms with Crippen LogP contribution in [-0.4, -0.2) is 39.9 Å². The summed E-state index contributed by atoms with van der Waals surface area (Å²) < 4.78 is 85.4. The predicted octanol–water partition coefficient (Wildman–Crippen LogP) is 4.82. The molecule has 1 saturated heterocycles. The van der Waals surface area contributed by atoms with E-state index < -0.39 is 44.9 Å². The monoisotopic (exact) mass is 576 g/mol. The highest BCUT2D eigenvalue weighted by atomic mass is 32.2. The summed E-state index contributed by atoms with van der Waals surface area (Å²) >= 11 is 0. The van der Waals surface area contributed by atoms with Gasteiger partial charge in [0.1, 0.15) is 23.0 Å². The molecular weight excluding hydrogens is 552 g/mol. The van der Waals surface area contributed by atoms with E-state index in [0.717, 1.165) is 11.0 Å². The Morgan fingerprint density at radius 2 is 1.73 bits per heavy atom. The Labute approximate surface area is 227 Å². The molecule has 0 saturated carbocycles. The Bertz CT molecular complexity index is 1620. The lowest BCUT2D eigenvalue weighted by atomic mass is 10.0. The van der Waals surface area contributed by atoms with Crippen LogP contribution in [-0.2, 0) is 14.8 Å². The second-order valence-corrected chi connectivity index (χ2v) is 10.3. The van der Waals surface area contributed by atoms with E-state index in [1.165, 1.54) is 61.7 Å². The van der Waals surface area contributed by atoms with E-state index in [4.69, 9.17) is 15.6 Å². The molecule has 4 N–H and O–H groups in total. The number of methoxy groups -OCH3 is 1. The Hall–Kier alpha value is -4.23. The summed E-state index contributed by atoms with van der Waals surface area (Å²) in [5.74, 6) is -1.42. The molecule has 3 aromatic carbocycles. The third-order valence-electron chi connectivity index (χ3n) is 6.23. The van der Waals surface area contributed by atoms with Crippen molar-refractivity contribution >= 4 is 33.0 Å². The van der Waals surface area contributed by atoms with Gasteiger partial charge in [-0.3, -0.25) is 4.79 Å². The van der Waals surface area contributed by atoms with Crippen LogP contribution in [0.4, 0.5) is 28.9 Å². The highest BCUT2D eigenvalue weighted by molar-refractivity contribution is 7.89. The van der Waals surface area contributed by atoms with Crippen molar-refractivity contribution < 1.29 is 35.5 Å². The van der Waals surface area contributed by atoms with Gasteiger partial charge in [-0.2, -0.15) is 13.2 Å². The van der Waals surface area contributed by atoms with Crippen LogP contribution in [0.25, 0.3) is 11.1 Å². The van der Waals surface area contributed by atoms with Crippen LogP contribution in [0.15, 0.2) is 87.9 Å². The third kappa shape index (κ3) is 6.00. The molecule has 0 bridgehead atoms. The van der Waals surface area contributed by atoms with Gasteiger partial charge in [-0.1, -0.05) is 24.3 Å². The quantitative estimate of drug-likeness (QED) is 0.421. The summed E-state index contributed by atoms with van der Waals surface area (Å²) in [7, 11) is -2.69. The molecule has 3 aromatic rings. The SMILES string of the molecule is COc1ccc(N=C2C(=O)N(c3ccc(-c4ccccc4S(N)(=O)=O)cc3F)CCCC2=C(N)C(F)(F)F)cc1. The molecule has 0 unspecified atom stereocenters. The maximum Gasteiger partial charge on any atom is 0.431 e. The van der Waals surface area contributed by atoms with E-state index in [2.05, 4.69) is 4.99 Å². The zero-order valence-electron chi connectivity index (χ0n) is 21.1. The number of carbonyl (C=O) groups excluding carboxylic acids is 1. The van der Waals surface area contributed by atoms with Crippen molar-refractivity contribution in [2.75, 3.05) is 18.6 Å². The van der Waals surface area contributed by atoms with Crippen molar-refractivity contribution in [2.45, 2.75) is 23.9 Å². The van der Waals surface area contributed by atoms with Crippen LogP contribution in [0.2, 0.25) is 0 Å². The molecule has 1 heterocycles. The fraction of sp³-hybridized carbons (Fsp3) is 0.185. The number of halogens is 4. The molecule has 0 spiro atoms. The van der Waals surface area contributed by atoms with Gasteiger partial charge >= 0.3 is 6.18 Å². The number of hydrogen-bond donors (Lipinski definition) is 2. The molecule has 8 nitrogen and oxygen atoms in total. The molecule has 210 valence electrons. The fourth-order valence-corrected chi connectivity index (χ4v) is 5.06. The molecule has 1 amide bonds. The molecule has 0 aromatic heterocycles. The molecule has 1 aliphatic heterocycles. The van der Waals surface area contributed by atoms with Crippen LogP contribution in [0.3, 0.4) is 0 Å². The van der Waals surface area contributed by atoms with Gasteiger partial charge in [-0.05, 0) is 60.9 Å². The number of anilines is 1. The van der Waals surface area contributed by atoms with Crippen molar-refractivity contribution in [3.8, 4) is 16.9 Å². The minimum atomic E-state index is -4.92. The highest BCUT2D eigenvalue weighted by Gasteiger charge is 2.39. The van der Waals surface area contributed by atoms with Gasteiger partial charge in [0.25, 0.3) is 5.91 Å². The van der Waals surface area contributed by atoms with Gasteiger partial charge in [0.05, 0.1) is 23.4 Å². The number of alkyl halides is 3. The zero-order chi connectivity index (χ0) is 29.2. The first-order valence-corrected chi connectivity index (χ1v) is 13.4. The summed E-state index contributed by atoms with van der Waals surface area (Å²) in [6.45, 7) is -0.126. The first kappa shape index (κ1) is 28.8. The zero-order valence-corrected chi connectivity index (χ0v) is 21.9. The lowest BCUT2D eigenvalue weighted by Gasteiger charge is -2.22. The normalized spacial score (nSPS) is 17.1. The lowest BCUT2D eigenvalue weighted by molar-refractivity contribution is -0.112. The molecule has 13 heteroatoms. The van der Waals surface area contributed by atoms with Gasteiger partial charge in [0.2, 0.25) is 10.0 Å². The second-order valence-electron chi connectivity index (χ2n) is 8.82. The molecule has 0 radical (unpaired) electrons. The first-order valence-electron chi connectivity index (χ1n) is 11.8. The Morgan fingerprint density at radius 1 is 1.05 bits per heavy atom. The van der Waals surface area contributed by atoms with Crippen molar-refractivity contribution in [1.82, 2.24) is 0 Å². The van der Waals surface area contributed by atoms with E-state index in [0.29, 0.717) is 5.75 Å². The van der Waals surface area contributed by atoms with Crippen LogP contribution in [0, 0.1) is 5.82 Å². The van der Waals surface area contributed by atoms with Crippen molar-refractivity contribution in [3.05, 3.63) is 83.8 Å². The van der Waals surface area contributed by atoms with Crippen molar-refractivity contribution in [1.29, 1.82) is 0 Å². The van der Waals surface area contributed by atoms with Gasteiger partial charge in [0.15, 0.2) is 0 Å². The largest absolute Gasteiger partial charge is 0.497 e. The van der Waals surface area contributed by atoms with Gasteiger partial charge in [-0.15, -0.1) is 0 Å². The number of benzene rings is 3. The molecule has 0 atom stereocenters. The summed E-state index contributed by atoms with van der Waals surface area (Å²) in [6.07, 6.45) is -5.12.